The topological polar surface area (TPSA) is 91.5 Å². The number of hydrogen-bond acceptors (Lipinski definition) is 6. The van der Waals surface area contributed by atoms with Gasteiger partial charge in [-0.15, -0.1) is 10.2 Å². The van der Waals surface area contributed by atoms with E-state index in [0.29, 0.717) is 24.2 Å². The van der Waals surface area contributed by atoms with Crippen LogP contribution in [0.3, 0.4) is 0 Å². The molecule has 0 aliphatic carbocycles. The van der Waals surface area contributed by atoms with Gasteiger partial charge in [0.25, 0.3) is 0 Å². The Balaban J connectivity index is 1.76. The summed E-state index contributed by atoms with van der Waals surface area (Å²) in [6, 6.07) is 0. The molecule has 2 heterocycles. The molecule has 0 saturated carbocycles. The zero-order valence-electron chi connectivity index (χ0n) is 11.8. The molecular formula is C13H22N4O3. The molecule has 1 saturated heterocycles. The second-order valence-corrected chi connectivity index (χ2v) is 5.21. The van der Waals surface area contributed by atoms with E-state index in [1.165, 1.54) is 0 Å². The van der Waals surface area contributed by atoms with E-state index in [9.17, 15) is 4.79 Å². The minimum atomic E-state index is -0.810. The van der Waals surface area contributed by atoms with Gasteiger partial charge in [0, 0.05) is 13.0 Å². The number of carboxylic acid groups (broad SMARTS) is 1. The summed E-state index contributed by atoms with van der Waals surface area (Å²) < 4.78 is 5.53. The lowest BCUT2D eigenvalue weighted by molar-refractivity contribution is -0.136. The summed E-state index contributed by atoms with van der Waals surface area (Å²) in [4.78, 5) is 12.8. The number of nitrogens with zero attached hydrogens (tertiary/aromatic N) is 3. The van der Waals surface area contributed by atoms with Gasteiger partial charge in [0.15, 0.2) is 0 Å². The van der Waals surface area contributed by atoms with E-state index in [1.807, 2.05) is 6.92 Å². The Bertz CT molecular complexity index is 435. The molecule has 7 nitrogen and oxygen atoms in total. The third kappa shape index (κ3) is 4.57. The number of carboxylic acids is 1. The first kappa shape index (κ1) is 14.9. The summed E-state index contributed by atoms with van der Waals surface area (Å²) in [6.07, 6.45) is 3.01. The van der Waals surface area contributed by atoms with Gasteiger partial charge in [-0.3, -0.25) is 9.69 Å². The van der Waals surface area contributed by atoms with Crippen LogP contribution in [-0.4, -0.2) is 52.4 Å². The van der Waals surface area contributed by atoms with Crippen molar-refractivity contribution in [2.75, 3.05) is 26.2 Å². The number of likely N-dealkylation sites (tertiary alicyclic amines) is 1. The van der Waals surface area contributed by atoms with Crippen molar-refractivity contribution in [3.8, 4) is 0 Å². The summed E-state index contributed by atoms with van der Waals surface area (Å²) in [6.45, 7) is 5.41. The van der Waals surface area contributed by atoms with E-state index in [-0.39, 0.29) is 6.54 Å². The van der Waals surface area contributed by atoms with Crippen molar-refractivity contribution in [3.05, 3.63) is 11.8 Å². The maximum Gasteiger partial charge on any atom is 0.317 e. The standard InChI is InChI=1S/C13H22N4O3/c1-2-11-15-16-12(20-11)9-17-5-3-4-10(8-17)6-14-7-13(18)19/h10,14H,2-9H2,1H3,(H,18,19). The molecule has 0 radical (unpaired) electrons. The van der Waals surface area contributed by atoms with Crippen molar-refractivity contribution in [2.24, 2.45) is 5.92 Å². The molecule has 0 amide bonds. The Kier molecular flexibility index (Phi) is 5.49. The van der Waals surface area contributed by atoms with Crippen LogP contribution in [0.15, 0.2) is 4.42 Å². The van der Waals surface area contributed by atoms with Crippen LogP contribution in [0.2, 0.25) is 0 Å². The number of aromatic nitrogens is 2. The van der Waals surface area contributed by atoms with E-state index in [1.54, 1.807) is 0 Å². The predicted octanol–water partition coefficient (Wildman–Crippen LogP) is 0.518. The molecule has 1 aromatic rings. The zero-order valence-corrected chi connectivity index (χ0v) is 11.8. The van der Waals surface area contributed by atoms with Crippen LogP contribution in [0.1, 0.15) is 31.5 Å². The van der Waals surface area contributed by atoms with Gasteiger partial charge in [-0.25, -0.2) is 0 Å². The largest absolute Gasteiger partial charge is 0.480 e. The van der Waals surface area contributed by atoms with Crippen LogP contribution < -0.4 is 5.32 Å². The molecule has 1 fully saturated rings. The van der Waals surface area contributed by atoms with Gasteiger partial charge in [-0.05, 0) is 31.8 Å². The lowest BCUT2D eigenvalue weighted by Crippen LogP contribution is -2.40. The first-order valence-electron chi connectivity index (χ1n) is 7.13. The Morgan fingerprint density at radius 2 is 2.30 bits per heavy atom. The normalized spacial score (nSPS) is 20.1. The third-order valence-electron chi connectivity index (χ3n) is 3.48. The van der Waals surface area contributed by atoms with Crippen molar-refractivity contribution in [1.29, 1.82) is 0 Å². The van der Waals surface area contributed by atoms with Gasteiger partial charge < -0.3 is 14.8 Å². The van der Waals surface area contributed by atoms with E-state index in [2.05, 4.69) is 20.4 Å². The van der Waals surface area contributed by atoms with Gasteiger partial charge in [0.2, 0.25) is 11.8 Å². The SMILES string of the molecule is CCc1nnc(CN2CCCC(CNCC(=O)O)C2)o1. The number of carbonyl (C=O) groups is 1. The molecular weight excluding hydrogens is 260 g/mol. The molecule has 1 aliphatic heterocycles. The summed E-state index contributed by atoms with van der Waals surface area (Å²) in [5.74, 6) is 1.02. The number of nitrogens with one attached hydrogen (secondary N) is 1. The summed E-state index contributed by atoms with van der Waals surface area (Å²) in [7, 11) is 0. The molecule has 1 aromatic heterocycles. The minimum Gasteiger partial charge on any atom is -0.480 e. The van der Waals surface area contributed by atoms with Crippen molar-refractivity contribution in [2.45, 2.75) is 32.7 Å². The molecule has 2 rings (SSSR count). The number of aryl methyl sites for hydroxylation is 1. The molecule has 1 unspecified atom stereocenters. The maximum atomic E-state index is 10.5. The van der Waals surface area contributed by atoms with E-state index in [4.69, 9.17) is 9.52 Å². The van der Waals surface area contributed by atoms with Crippen LogP contribution in [-0.2, 0) is 17.8 Å². The lowest BCUT2D eigenvalue weighted by atomic mass is 9.98. The monoisotopic (exact) mass is 282 g/mol. The zero-order chi connectivity index (χ0) is 14.4. The van der Waals surface area contributed by atoms with Crippen LogP contribution in [0, 0.1) is 5.92 Å². The third-order valence-corrected chi connectivity index (χ3v) is 3.48. The highest BCUT2D eigenvalue weighted by Gasteiger charge is 2.21. The number of piperidine rings is 1. The fraction of sp³-hybridized carbons (Fsp3) is 0.769. The fourth-order valence-electron chi connectivity index (χ4n) is 2.53. The average molecular weight is 282 g/mol. The Labute approximate surface area is 118 Å². The van der Waals surface area contributed by atoms with Gasteiger partial charge >= 0.3 is 5.97 Å². The predicted molar refractivity (Wildman–Crippen MR) is 72.2 cm³/mol. The van der Waals surface area contributed by atoms with Crippen molar-refractivity contribution < 1.29 is 14.3 Å². The second-order valence-electron chi connectivity index (χ2n) is 5.21. The summed E-state index contributed by atoms with van der Waals surface area (Å²) in [5, 5.41) is 19.6. The van der Waals surface area contributed by atoms with Crippen LogP contribution in [0.4, 0.5) is 0 Å². The number of rotatable bonds is 7. The van der Waals surface area contributed by atoms with Crippen molar-refractivity contribution >= 4 is 5.97 Å². The molecule has 2 N–H and O–H groups in total. The molecule has 20 heavy (non-hydrogen) atoms. The molecule has 0 aromatic carbocycles. The van der Waals surface area contributed by atoms with Crippen molar-refractivity contribution in [3.63, 3.8) is 0 Å². The quantitative estimate of drug-likeness (QED) is 0.753. The smallest absolute Gasteiger partial charge is 0.317 e. The molecule has 1 atom stereocenters. The van der Waals surface area contributed by atoms with Gasteiger partial charge in [0.1, 0.15) is 0 Å². The van der Waals surface area contributed by atoms with E-state index >= 15 is 0 Å². The van der Waals surface area contributed by atoms with Crippen LogP contribution >= 0.6 is 0 Å². The van der Waals surface area contributed by atoms with Gasteiger partial charge in [0.05, 0.1) is 13.1 Å². The number of aliphatic carboxylic acids is 1. The Morgan fingerprint density at radius 3 is 3.00 bits per heavy atom. The Hall–Kier alpha value is -1.47. The first-order valence-corrected chi connectivity index (χ1v) is 7.13. The highest BCUT2D eigenvalue weighted by molar-refractivity contribution is 5.68. The fourth-order valence-corrected chi connectivity index (χ4v) is 2.53. The summed E-state index contributed by atoms with van der Waals surface area (Å²) in [5.41, 5.74) is 0. The van der Waals surface area contributed by atoms with E-state index < -0.39 is 5.97 Å². The maximum absolute atomic E-state index is 10.5. The lowest BCUT2D eigenvalue weighted by Gasteiger charge is -2.31. The molecule has 112 valence electrons. The Morgan fingerprint density at radius 1 is 1.50 bits per heavy atom. The number of hydrogen-bond donors (Lipinski definition) is 2. The first-order chi connectivity index (χ1) is 9.67. The second kappa shape index (κ2) is 7.35. The average Bonchev–Trinajstić information content (AvgIpc) is 2.86. The minimum absolute atomic E-state index is 0.0278. The van der Waals surface area contributed by atoms with Crippen molar-refractivity contribution in [1.82, 2.24) is 20.4 Å². The highest BCUT2D eigenvalue weighted by atomic mass is 16.4. The van der Waals surface area contributed by atoms with E-state index in [0.717, 1.165) is 38.9 Å². The van der Waals surface area contributed by atoms with Crippen LogP contribution in [0.25, 0.3) is 0 Å². The molecule has 0 spiro atoms. The van der Waals surface area contributed by atoms with Gasteiger partial charge in [-0.2, -0.15) is 0 Å². The summed E-state index contributed by atoms with van der Waals surface area (Å²) >= 11 is 0. The molecule has 1 aliphatic rings. The highest BCUT2D eigenvalue weighted by Crippen LogP contribution is 2.17. The molecule has 7 heteroatoms. The van der Waals surface area contributed by atoms with Crippen LogP contribution in [0.5, 0.6) is 0 Å². The molecule has 0 bridgehead atoms. The van der Waals surface area contributed by atoms with Gasteiger partial charge in [-0.1, -0.05) is 6.92 Å².